The highest BCUT2D eigenvalue weighted by atomic mass is 32.2. The highest BCUT2D eigenvalue weighted by Crippen LogP contribution is 2.29. The fraction of sp³-hybridized carbons (Fsp3) is 0.625. The van der Waals surface area contributed by atoms with Crippen LogP contribution in [0.25, 0.3) is 0 Å². The Bertz CT molecular complexity index is 577. The molecule has 21 heavy (non-hydrogen) atoms. The summed E-state index contributed by atoms with van der Waals surface area (Å²) in [7, 11) is -3.48. The zero-order chi connectivity index (χ0) is 16.2. The highest BCUT2D eigenvalue weighted by Gasteiger charge is 2.22. The maximum Gasteiger partial charge on any atom is 0.241 e. The van der Waals surface area contributed by atoms with Gasteiger partial charge in [-0.3, -0.25) is 0 Å². The van der Waals surface area contributed by atoms with Crippen molar-refractivity contribution in [1.82, 2.24) is 4.72 Å². The van der Waals surface area contributed by atoms with Crippen molar-refractivity contribution in [2.45, 2.75) is 52.9 Å². The highest BCUT2D eigenvalue weighted by molar-refractivity contribution is 7.89. The molecular formula is C16H27NO3S. The summed E-state index contributed by atoms with van der Waals surface area (Å²) >= 11 is 0. The predicted molar refractivity (Wildman–Crippen MR) is 86.4 cm³/mol. The first-order valence-electron chi connectivity index (χ1n) is 7.38. The zero-order valence-corrected chi connectivity index (χ0v) is 14.8. The average Bonchev–Trinajstić information content (AvgIpc) is 2.42. The Labute approximate surface area is 129 Å². The van der Waals surface area contributed by atoms with Crippen LogP contribution < -0.4 is 4.72 Å². The lowest BCUT2D eigenvalue weighted by molar-refractivity contribution is 0.146. The van der Waals surface area contributed by atoms with E-state index in [1.54, 1.807) is 0 Å². The molecule has 0 atom stereocenters. The normalized spacial score (nSPS) is 11.9. The van der Waals surface area contributed by atoms with Gasteiger partial charge in [0.05, 0.1) is 4.90 Å². The molecule has 0 aliphatic heterocycles. The van der Waals surface area contributed by atoms with Gasteiger partial charge in [-0.15, -0.1) is 0 Å². The molecule has 0 bridgehead atoms. The van der Waals surface area contributed by atoms with Crippen LogP contribution in [0.5, 0.6) is 0 Å². The van der Waals surface area contributed by atoms with Gasteiger partial charge in [-0.1, -0.05) is 0 Å². The summed E-state index contributed by atoms with van der Waals surface area (Å²) in [6, 6.07) is 0. The fourth-order valence-electron chi connectivity index (χ4n) is 2.47. The molecule has 0 unspecified atom stereocenters. The van der Waals surface area contributed by atoms with Gasteiger partial charge in [0.2, 0.25) is 10.0 Å². The third kappa shape index (κ3) is 4.05. The fourth-order valence-corrected chi connectivity index (χ4v) is 4.14. The van der Waals surface area contributed by atoms with Crippen molar-refractivity contribution < 1.29 is 13.2 Å². The summed E-state index contributed by atoms with van der Waals surface area (Å²) in [4.78, 5) is 0.430. The molecule has 0 aliphatic carbocycles. The van der Waals surface area contributed by atoms with E-state index < -0.39 is 10.0 Å². The zero-order valence-electron chi connectivity index (χ0n) is 14.0. The van der Waals surface area contributed by atoms with Gasteiger partial charge in [0, 0.05) is 19.8 Å². The Kier molecular flexibility index (Phi) is 6.38. The lowest BCUT2D eigenvalue weighted by Gasteiger charge is -2.19. The van der Waals surface area contributed by atoms with E-state index in [1.165, 1.54) is 5.56 Å². The van der Waals surface area contributed by atoms with E-state index in [4.69, 9.17) is 4.74 Å². The Morgan fingerprint density at radius 3 is 1.86 bits per heavy atom. The number of benzene rings is 1. The third-order valence-electron chi connectivity index (χ3n) is 4.16. The van der Waals surface area contributed by atoms with E-state index in [-0.39, 0.29) is 0 Å². The molecule has 0 heterocycles. The second kappa shape index (κ2) is 7.38. The molecule has 4 nitrogen and oxygen atoms in total. The standard InChI is InChI=1S/C16H27NO3S/c1-7-20-10-8-9-17-21(18,19)16-14(5)12(3)11(2)13(4)15(16)6/h17H,7-10H2,1-6H3. The Morgan fingerprint density at radius 1 is 0.905 bits per heavy atom. The second-order valence-electron chi connectivity index (χ2n) is 5.40. The van der Waals surface area contributed by atoms with Gasteiger partial charge in [0.25, 0.3) is 0 Å². The molecule has 0 saturated carbocycles. The van der Waals surface area contributed by atoms with Gasteiger partial charge >= 0.3 is 0 Å². The molecule has 0 amide bonds. The van der Waals surface area contributed by atoms with Crippen LogP contribution in [-0.4, -0.2) is 28.2 Å². The smallest absolute Gasteiger partial charge is 0.241 e. The molecule has 120 valence electrons. The van der Waals surface area contributed by atoms with Crippen molar-refractivity contribution in [2.24, 2.45) is 0 Å². The second-order valence-corrected chi connectivity index (χ2v) is 7.11. The summed E-state index contributed by atoms with van der Waals surface area (Å²) < 4.78 is 33.0. The Hall–Kier alpha value is -0.910. The molecule has 0 aromatic heterocycles. The first-order chi connectivity index (χ1) is 9.74. The quantitative estimate of drug-likeness (QED) is 0.787. The van der Waals surface area contributed by atoms with E-state index in [0.717, 1.165) is 22.3 Å². The van der Waals surface area contributed by atoms with Crippen LogP contribution >= 0.6 is 0 Å². The summed E-state index contributed by atoms with van der Waals surface area (Å²) in [5.41, 5.74) is 4.95. The van der Waals surface area contributed by atoms with Crippen molar-refractivity contribution >= 4 is 10.0 Å². The van der Waals surface area contributed by atoms with Gasteiger partial charge in [-0.25, -0.2) is 13.1 Å². The molecule has 0 fully saturated rings. The summed E-state index contributed by atoms with van der Waals surface area (Å²) in [5, 5.41) is 0. The molecule has 0 aliphatic rings. The van der Waals surface area contributed by atoms with Gasteiger partial charge in [0.15, 0.2) is 0 Å². The Morgan fingerprint density at radius 2 is 1.38 bits per heavy atom. The van der Waals surface area contributed by atoms with E-state index in [9.17, 15) is 8.42 Å². The molecule has 5 heteroatoms. The largest absolute Gasteiger partial charge is 0.382 e. The van der Waals surface area contributed by atoms with Crippen LogP contribution in [0.4, 0.5) is 0 Å². The summed E-state index contributed by atoms with van der Waals surface area (Å²) in [6.45, 7) is 13.3. The number of hydrogen-bond donors (Lipinski definition) is 1. The van der Waals surface area contributed by atoms with Crippen LogP contribution in [0, 0.1) is 34.6 Å². The van der Waals surface area contributed by atoms with Crippen LogP contribution in [-0.2, 0) is 14.8 Å². The first kappa shape index (κ1) is 18.1. The van der Waals surface area contributed by atoms with Crippen molar-refractivity contribution in [2.75, 3.05) is 19.8 Å². The third-order valence-corrected chi connectivity index (χ3v) is 5.90. The van der Waals surface area contributed by atoms with Crippen molar-refractivity contribution in [1.29, 1.82) is 0 Å². The predicted octanol–water partition coefficient (Wildman–Crippen LogP) is 2.93. The minimum Gasteiger partial charge on any atom is -0.382 e. The van der Waals surface area contributed by atoms with Crippen molar-refractivity contribution in [3.8, 4) is 0 Å². The molecule has 0 radical (unpaired) electrons. The van der Waals surface area contributed by atoms with Gasteiger partial charge in [0.1, 0.15) is 0 Å². The minimum absolute atomic E-state index is 0.396. The molecule has 0 saturated heterocycles. The van der Waals surface area contributed by atoms with Gasteiger partial charge in [-0.05, 0) is 75.8 Å². The van der Waals surface area contributed by atoms with E-state index >= 15 is 0 Å². The SMILES string of the molecule is CCOCCCNS(=O)(=O)c1c(C)c(C)c(C)c(C)c1C. The monoisotopic (exact) mass is 313 g/mol. The minimum atomic E-state index is -3.48. The van der Waals surface area contributed by atoms with Crippen molar-refractivity contribution in [3.63, 3.8) is 0 Å². The topological polar surface area (TPSA) is 55.4 Å². The lowest BCUT2D eigenvalue weighted by Crippen LogP contribution is -2.27. The first-order valence-corrected chi connectivity index (χ1v) is 8.86. The van der Waals surface area contributed by atoms with Gasteiger partial charge in [-0.2, -0.15) is 0 Å². The maximum atomic E-state index is 12.6. The van der Waals surface area contributed by atoms with Crippen molar-refractivity contribution in [3.05, 3.63) is 27.8 Å². The van der Waals surface area contributed by atoms with Crippen LogP contribution in [0.3, 0.4) is 0 Å². The van der Waals surface area contributed by atoms with E-state index in [2.05, 4.69) is 4.72 Å². The van der Waals surface area contributed by atoms with E-state index in [1.807, 2.05) is 41.5 Å². The maximum absolute atomic E-state index is 12.6. The number of nitrogens with one attached hydrogen (secondary N) is 1. The Balaban J connectivity index is 3.04. The molecule has 0 spiro atoms. The molecule has 1 aromatic carbocycles. The summed E-state index contributed by atoms with van der Waals surface area (Å²) in [5.74, 6) is 0. The lowest BCUT2D eigenvalue weighted by atomic mass is 9.95. The summed E-state index contributed by atoms with van der Waals surface area (Å²) in [6.07, 6.45) is 0.676. The van der Waals surface area contributed by atoms with E-state index in [0.29, 0.717) is 31.1 Å². The van der Waals surface area contributed by atoms with Crippen LogP contribution in [0.15, 0.2) is 4.90 Å². The molecule has 1 aromatic rings. The molecule has 1 N–H and O–H groups in total. The number of rotatable bonds is 7. The number of ether oxygens (including phenoxy) is 1. The van der Waals surface area contributed by atoms with Gasteiger partial charge < -0.3 is 4.74 Å². The molecule has 1 rings (SSSR count). The van der Waals surface area contributed by atoms with Crippen LogP contribution in [0.2, 0.25) is 0 Å². The number of hydrogen-bond acceptors (Lipinski definition) is 3. The number of sulfonamides is 1. The molecular weight excluding hydrogens is 286 g/mol. The van der Waals surface area contributed by atoms with Crippen LogP contribution in [0.1, 0.15) is 41.2 Å². The average molecular weight is 313 g/mol.